The van der Waals surface area contributed by atoms with Crippen LogP contribution in [-0.4, -0.2) is 21.6 Å². The number of carbonyl (C=O) groups is 1. The number of aromatic nitrogens is 2. The Morgan fingerprint density at radius 3 is 3.06 bits per heavy atom. The van der Waals surface area contributed by atoms with Crippen molar-refractivity contribution in [1.29, 1.82) is 0 Å². The number of fused-ring (bicyclic) bond motifs is 1. The highest BCUT2D eigenvalue weighted by atomic mass is 35.5. The summed E-state index contributed by atoms with van der Waals surface area (Å²) in [5, 5.41) is 4.73. The molecule has 1 aliphatic heterocycles. The Morgan fingerprint density at radius 2 is 2.28 bits per heavy atom. The lowest BCUT2D eigenvalue weighted by molar-refractivity contribution is -0.121. The number of amides is 1. The molecule has 3 rings (SSSR count). The van der Waals surface area contributed by atoms with Gasteiger partial charge in [-0.25, -0.2) is 10.4 Å². The number of hydrogen-bond acceptors (Lipinski definition) is 3. The van der Waals surface area contributed by atoms with Crippen molar-refractivity contribution in [3.63, 3.8) is 0 Å². The topological polar surface area (TPSA) is 70.1 Å². The SMILES string of the molecule is CC1CC(=O)NN=C1c1nc2ccc(Cl)cc2[nH]1. The van der Waals surface area contributed by atoms with Gasteiger partial charge in [-0.15, -0.1) is 0 Å². The third-order valence-electron chi connectivity index (χ3n) is 2.95. The van der Waals surface area contributed by atoms with Gasteiger partial charge in [0.05, 0.1) is 11.0 Å². The summed E-state index contributed by atoms with van der Waals surface area (Å²) in [5.74, 6) is 0.667. The first kappa shape index (κ1) is 11.2. The third-order valence-corrected chi connectivity index (χ3v) is 3.18. The summed E-state index contributed by atoms with van der Waals surface area (Å²) in [6, 6.07) is 5.46. The molecule has 0 radical (unpaired) electrons. The predicted molar refractivity (Wildman–Crippen MR) is 69.6 cm³/mol. The number of hydrazone groups is 1. The zero-order valence-electron chi connectivity index (χ0n) is 9.70. The molecule has 18 heavy (non-hydrogen) atoms. The average Bonchev–Trinajstić information content (AvgIpc) is 2.71. The summed E-state index contributed by atoms with van der Waals surface area (Å²) < 4.78 is 0. The van der Waals surface area contributed by atoms with Crippen molar-refractivity contribution in [3.05, 3.63) is 29.0 Å². The standard InChI is InChI=1S/C12H11ClN4O/c1-6-4-10(18)16-17-11(6)12-14-8-3-2-7(13)5-9(8)15-12/h2-3,5-6H,4H2,1H3,(H,14,15)(H,16,18). The minimum atomic E-state index is -0.0644. The second kappa shape index (κ2) is 4.10. The number of aromatic amines is 1. The molecule has 0 aliphatic carbocycles. The van der Waals surface area contributed by atoms with Crippen LogP contribution in [0, 0.1) is 5.92 Å². The quantitative estimate of drug-likeness (QED) is 0.826. The Morgan fingerprint density at radius 1 is 1.44 bits per heavy atom. The molecule has 1 amide bonds. The van der Waals surface area contributed by atoms with Crippen LogP contribution in [-0.2, 0) is 4.79 Å². The highest BCUT2D eigenvalue weighted by Gasteiger charge is 2.23. The van der Waals surface area contributed by atoms with Crippen LogP contribution in [0.4, 0.5) is 0 Å². The van der Waals surface area contributed by atoms with Crippen LogP contribution in [0.3, 0.4) is 0 Å². The summed E-state index contributed by atoms with van der Waals surface area (Å²) in [6.07, 6.45) is 0.427. The van der Waals surface area contributed by atoms with Crippen LogP contribution in [0.25, 0.3) is 11.0 Å². The van der Waals surface area contributed by atoms with E-state index in [1.54, 1.807) is 6.07 Å². The molecule has 1 unspecified atom stereocenters. The minimum Gasteiger partial charge on any atom is -0.337 e. The molecule has 2 aromatic rings. The lowest BCUT2D eigenvalue weighted by Crippen LogP contribution is -2.32. The van der Waals surface area contributed by atoms with Gasteiger partial charge in [-0.2, -0.15) is 5.10 Å². The number of carbonyl (C=O) groups excluding carboxylic acids is 1. The number of imidazole rings is 1. The molecule has 0 spiro atoms. The first-order valence-electron chi connectivity index (χ1n) is 5.65. The maximum Gasteiger partial charge on any atom is 0.240 e. The van der Waals surface area contributed by atoms with Crippen molar-refractivity contribution in [2.24, 2.45) is 11.0 Å². The molecule has 2 N–H and O–H groups in total. The summed E-state index contributed by atoms with van der Waals surface area (Å²) in [5.41, 5.74) is 4.94. The van der Waals surface area contributed by atoms with E-state index in [1.807, 2.05) is 19.1 Å². The van der Waals surface area contributed by atoms with Crippen LogP contribution in [0.1, 0.15) is 19.2 Å². The number of H-pyrrole nitrogens is 1. The lowest BCUT2D eigenvalue weighted by Gasteiger charge is -2.16. The summed E-state index contributed by atoms with van der Waals surface area (Å²) in [7, 11) is 0. The number of halogens is 1. The van der Waals surface area contributed by atoms with Gasteiger partial charge in [0.15, 0.2) is 5.82 Å². The summed E-state index contributed by atoms with van der Waals surface area (Å²) in [6.45, 7) is 1.96. The van der Waals surface area contributed by atoms with E-state index < -0.39 is 0 Å². The molecule has 1 aromatic carbocycles. The highest BCUT2D eigenvalue weighted by molar-refractivity contribution is 6.31. The van der Waals surface area contributed by atoms with Gasteiger partial charge in [-0.3, -0.25) is 4.79 Å². The molecule has 0 saturated heterocycles. The van der Waals surface area contributed by atoms with Gasteiger partial charge in [0, 0.05) is 17.4 Å². The van der Waals surface area contributed by atoms with Crippen molar-refractivity contribution in [2.75, 3.05) is 0 Å². The molecule has 5 nitrogen and oxygen atoms in total. The summed E-state index contributed by atoms with van der Waals surface area (Å²) in [4.78, 5) is 18.8. The Balaban J connectivity index is 2.07. The Kier molecular flexibility index (Phi) is 2.56. The van der Waals surface area contributed by atoms with E-state index in [-0.39, 0.29) is 11.8 Å². The second-order valence-corrected chi connectivity index (χ2v) is 4.82. The monoisotopic (exact) mass is 262 g/mol. The van der Waals surface area contributed by atoms with Crippen LogP contribution < -0.4 is 5.43 Å². The first-order chi connectivity index (χ1) is 8.63. The summed E-state index contributed by atoms with van der Waals surface area (Å²) >= 11 is 5.93. The van der Waals surface area contributed by atoms with E-state index in [1.165, 1.54) is 0 Å². The van der Waals surface area contributed by atoms with E-state index in [9.17, 15) is 4.79 Å². The predicted octanol–water partition coefficient (Wildman–Crippen LogP) is 2.08. The number of hydrogen-bond donors (Lipinski definition) is 2. The zero-order chi connectivity index (χ0) is 12.7. The van der Waals surface area contributed by atoms with Gasteiger partial charge >= 0.3 is 0 Å². The molecule has 0 saturated carbocycles. The molecule has 1 aromatic heterocycles. The molecular formula is C12H11ClN4O. The Bertz CT molecular complexity index is 661. The maximum absolute atomic E-state index is 11.2. The fourth-order valence-electron chi connectivity index (χ4n) is 2.04. The largest absolute Gasteiger partial charge is 0.337 e. The van der Waals surface area contributed by atoms with Crippen molar-refractivity contribution < 1.29 is 4.79 Å². The zero-order valence-corrected chi connectivity index (χ0v) is 10.5. The molecule has 1 aliphatic rings. The molecule has 0 bridgehead atoms. The van der Waals surface area contributed by atoms with Gasteiger partial charge in [0.2, 0.25) is 5.91 Å². The molecule has 1 atom stereocenters. The Hall–Kier alpha value is -1.88. The van der Waals surface area contributed by atoms with E-state index >= 15 is 0 Å². The average molecular weight is 263 g/mol. The highest BCUT2D eigenvalue weighted by Crippen LogP contribution is 2.20. The smallest absolute Gasteiger partial charge is 0.240 e. The first-order valence-corrected chi connectivity index (χ1v) is 6.03. The van der Waals surface area contributed by atoms with Gasteiger partial charge in [-0.05, 0) is 18.2 Å². The van der Waals surface area contributed by atoms with Gasteiger partial charge in [0.25, 0.3) is 0 Å². The van der Waals surface area contributed by atoms with E-state index in [0.29, 0.717) is 17.3 Å². The number of nitrogens with one attached hydrogen (secondary N) is 2. The van der Waals surface area contributed by atoms with E-state index in [4.69, 9.17) is 11.6 Å². The Labute approximate surface area is 108 Å². The van der Waals surface area contributed by atoms with E-state index in [0.717, 1.165) is 16.7 Å². The maximum atomic E-state index is 11.2. The third kappa shape index (κ3) is 1.86. The van der Waals surface area contributed by atoms with Crippen molar-refractivity contribution in [1.82, 2.24) is 15.4 Å². The fraction of sp³-hybridized carbons (Fsp3) is 0.250. The number of benzene rings is 1. The van der Waals surface area contributed by atoms with Crippen LogP contribution in [0.15, 0.2) is 23.3 Å². The van der Waals surface area contributed by atoms with E-state index in [2.05, 4.69) is 20.5 Å². The van der Waals surface area contributed by atoms with Crippen LogP contribution in [0.2, 0.25) is 5.02 Å². The van der Waals surface area contributed by atoms with Gasteiger partial charge < -0.3 is 4.98 Å². The van der Waals surface area contributed by atoms with Crippen molar-refractivity contribution in [2.45, 2.75) is 13.3 Å². The number of rotatable bonds is 1. The number of nitrogens with zero attached hydrogens (tertiary/aromatic N) is 2. The van der Waals surface area contributed by atoms with Crippen LogP contribution in [0.5, 0.6) is 0 Å². The van der Waals surface area contributed by atoms with Crippen LogP contribution >= 0.6 is 11.6 Å². The molecule has 0 fully saturated rings. The second-order valence-electron chi connectivity index (χ2n) is 4.38. The van der Waals surface area contributed by atoms with Gasteiger partial charge in [0.1, 0.15) is 5.71 Å². The molecule has 92 valence electrons. The van der Waals surface area contributed by atoms with Gasteiger partial charge in [-0.1, -0.05) is 18.5 Å². The normalized spacial score (nSPS) is 19.8. The van der Waals surface area contributed by atoms with Crippen molar-refractivity contribution in [3.8, 4) is 0 Å². The molecule has 2 heterocycles. The lowest BCUT2D eigenvalue weighted by atomic mass is 10.00. The molecular weight excluding hydrogens is 252 g/mol. The minimum absolute atomic E-state index is 0.0507. The van der Waals surface area contributed by atoms with Crippen molar-refractivity contribution >= 4 is 34.3 Å². The molecule has 6 heteroatoms. The fourth-order valence-corrected chi connectivity index (χ4v) is 2.21.